The Morgan fingerprint density at radius 2 is 1.81 bits per heavy atom. The van der Waals surface area contributed by atoms with Crippen molar-refractivity contribution >= 4 is 74.9 Å². The van der Waals surface area contributed by atoms with Gasteiger partial charge in [-0.25, -0.2) is 4.79 Å². The first-order valence-corrected chi connectivity index (χ1v) is 10.6. The standard InChI is InChI=1S/C20H17BrCl2N4O4.ClH/c1-20(2)16(15(21)17(20)28)27-13(19(30)31)5-9-3-4-10(6-25-9)26-18(29)14-11(22)7-24-8-12(14)23;/h3-4,6-8,13,27H,5H2,1-2H3,(H,26,29)(H,30,31);1H. The first-order chi connectivity index (χ1) is 14.5. The molecular weight excluding hydrogens is 547 g/mol. The zero-order chi connectivity index (χ0) is 22.9. The number of halogens is 4. The molecule has 0 saturated heterocycles. The number of ketones is 1. The summed E-state index contributed by atoms with van der Waals surface area (Å²) in [5.74, 6) is -1.69. The number of anilines is 1. The van der Waals surface area contributed by atoms with Crippen molar-refractivity contribution in [3.63, 3.8) is 0 Å². The van der Waals surface area contributed by atoms with Gasteiger partial charge >= 0.3 is 5.97 Å². The fraction of sp³-hybridized carbons (Fsp3) is 0.250. The lowest BCUT2D eigenvalue weighted by Gasteiger charge is -2.38. The Morgan fingerprint density at radius 1 is 1.19 bits per heavy atom. The van der Waals surface area contributed by atoms with Gasteiger partial charge in [-0.1, -0.05) is 23.2 Å². The van der Waals surface area contributed by atoms with E-state index in [-0.39, 0.29) is 40.2 Å². The van der Waals surface area contributed by atoms with E-state index in [1.54, 1.807) is 26.0 Å². The number of carbonyl (C=O) groups excluding carboxylic acids is 2. The van der Waals surface area contributed by atoms with Crippen molar-refractivity contribution in [2.45, 2.75) is 26.3 Å². The number of nitrogens with zero attached hydrogens (tertiary/aromatic N) is 2. The maximum absolute atomic E-state index is 12.4. The normalized spacial score (nSPS) is 15.3. The molecule has 1 aliphatic carbocycles. The number of carboxylic acid groups (broad SMARTS) is 1. The predicted molar refractivity (Wildman–Crippen MR) is 127 cm³/mol. The number of rotatable bonds is 7. The average Bonchev–Trinajstić information content (AvgIpc) is 2.71. The summed E-state index contributed by atoms with van der Waals surface area (Å²) in [6.45, 7) is 3.44. The molecule has 8 nitrogen and oxygen atoms in total. The highest BCUT2D eigenvalue weighted by atomic mass is 79.9. The lowest BCUT2D eigenvalue weighted by atomic mass is 9.74. The highest BCUT2D eigenvalue weighted by Gasteiger charge is 2.46. The summed E-state index contributed by atoms with van der Waals surface area (Å²) in [6, 6.07) is 2.20. The molecule has 0 saturated carbocycles. The van der Waals surface area contributed by atoms with Crippen LogP contribution >= 0.6 is 51.5 Å². The minimum atomic E-state index is -1.08. The molecule has 0 aliphatic heterocycles. The summed E-state index contributed by atoms with van der Waals surface area (Å²) < 4.78 is 0.350. The minimum Gasteiger partial charge on any atom is -0.480 e. The van der Waals surface area contributed by atoms with E-state index in [1.165, 1.54) is 18.6 Å². The highest BCUT2D eigenvalue weighted by Crippen LogP contribution is 2.43. The van der Waals surface area contributed by atoms with Crippen LogP contribution in [0.3, 0.4) is 0 Å². The van der Waals surface area contributed by atoms with Crippen molar-refractivity contribution in [3.8, 4) is 0 Å². The first kappa shape index (κ1) is 26.1. The lowest BCUT2D eigenvalue weighted by molar-refractivity contribution is -0.139. The number of aliphatic carboxylic acids is 1. The van der Waals surface area contributed by atoms with Crippen LogP contribution in [-0.2, 0) is 16.0 Å². The molecule has 0 aromatic carbocycles. The second kappa shape index (κ2) is 10.2. The minimum absolute atomic E-state index is 0. The van der Waals surface area contributed by atoms with Gasteiger partial charge in [0.15, 0.2) is 5.78 Å². The summed E-state index contributed by atoms with van der Waals surface area (Å²) in [5.41, 5.74) is 0.726. The molecule has 3 N–H and O–H groups in total. The van der Waals surface area contributed by atoms with Crippen molar-refractivity contribution in [1.29, 1.82) is 0 Å². The SMILES string of the molecule is CC1(C)C(=O)C(Br)=C1NC(Cc1ccc(NC(=O)c2c(Cl)cncc2Cl)cn1)C(=O)O.Cl. The summed E-state index contributed by atoms with van der Waals surface area (Å²) in [6.07, 6.45) is 4.10. The van der Waals surface area contributed by atoms with Crippen molar-refractivity contribution in [1.82, 2.24) is 15.3 Å². The van der Waals surface area contributed by atoms with Gasteiger partial charge in [0, 0.05) is 30.2 Å². The molecule has 0 spiro atoms. The molecule has 0 fully saturated rings. The van der Waals surface area contributed by atoms with E-state index in [4.69, 9.17) is 23.2 Å². The third kappa shape index (κ3) is 5.23. The lowest BCUT2D eigenvalue weighted by Crippen LogP contribution is -2.50. The van der Waals surface area contributed by atoms with Crippen LogP contribution in [0.2, 0.25) is 10.0 Å². The fourth-order valence-electron chi connectivity index (χ4n) is 2.98. The second-order valence-electron chi connectivity index (χ2n) is 7.35. The van der Waals surface area contributed by atoms with Crippen LogP contribution in [0, 0.1) is 5.41 Å². The van der Waals surface area contributed by atoms with Crippen molar-refractivity contribution in [2.24, 2.45) is 5.41 Å². The molecule has 1 unspecified atom stereocenters. The quantitative estimate of drug-likeness (QED) is 0.460. The molecule has 170 valence electrons. The largest absolute Gasteiger partial charge is 0.480 e. The molecule has 1 amide bonds. The van der Waals surface area contributed by atoms with Crippen LogP contribution in [0.15, 0.2) is 40.9 Å². The third-order valence-corrected chi connectivity index (χ3v) is 6.13. The summed E-state index contributed by atoms with van der Waals surface area (Å²) >= 11 is 15.2. The molecule has 0 bridgehead atoms. The predicted octanol–water partition coefficient (Wildman–Crippen LogP) is 4.26. The van der Waals surface area contributed by atoms with Gasteiger partial charge in [0.05, 0.1) is 37.4 Å². The Hall–Kier alpha value is -2.20. The number of Topliss-reactive ketones (excluding diaryl/α,β-unsaturated/α-hetero) is 1. The van der Waals surface area contributed by atoms with E-state index in [9.17, 15) is 19.5 Å². The van der Waals surface area contributed by atoms with E-state index in [0.717, 1.165) is 0 Å². The molecule has 2 aromatic heterocycles. The molecule has 1 aliphatic rings. The van der Waals surface area contributed by atoms with Gasteiger partial charge in [-0.2, -0.15) is 0 Å². The Balaban J connectivity index is 0.00000363. The second-order valence-corrected chi connectivity index (χ2v) is 8.96. The highest BCUT2D eigenvalue weighted by molar-refractivity contribution is 9.12. The summed E-state index contributed by atoms with van der Waals surface area (Å²) in [4.78, 5) is 44.1. The van der Waals surface area contributed by atoms with E-state index in [0.29, 0.717) is 21.6 Å². The monoisotopic (exact) mass is 562 g/mol. The van der Waals surface area contributed by atoms with E-state index >= 15 is 0 Å². The number of aromatic nitrogens is 2. The maximum atomic E-state index is 12.4. The Morgan fingerprint density at radius 3 is 2.31 bits per heavy atom. The Bertz CT molecular complexity index is 1090. The van der Waals surface area contributed by atoms with E-state index in [1.807, 2.05) is 0 Å². The number of nitrogens with one attached hydrogen (secondary N) is 2. The zero-order valence-corrected chi connectivity index (χ0v) is 20.7. The number of hydrogen-bond donors (Lipinski definition) is 3. The van der Waals surface area contributed by atoms with Gasteiger partial charge in [0.2, 0.25) is 0 Å². The molecule has 3 rings (SSSR count). The van der Waals surface area contributed by atoms with Crippen molar-refractivity contribution in [2.75, 3.05) is 5.32 Å². The van der Waals surface area contributed by atoms with Gasteiger partial charge in [0.1, 0.15) is 6.04 Å². The van der Waals surface area contributed by atoms with Crippen molar-refractivity contribution < 1.29 is 19.5 Å². The third-order valence-electron chi connectivity index (χ3n) is 4.80. The van der Waals surface area contributed by atoms with Gasteiger partial charge in [-0.05, 0) is 41.9 Å². The van der Waals surface area contributed by atoms with Crippen LogP contribution in [0.1, 0.15) is 29.9 Å². The van der Waals surface area contributed by atoms with Gasteiger partial charge in [-0.3, -0.25) is 19.6 Å². The topological polar surface area (TPSA) is 121 Å². The van der Waals surface area contributed by atoms with Crippen LogP contribution in [0.5, 0.6) is 0 Å². The van der Waals surface area contributed by atoms with Crippen LogP contribution in [0.4, 0.5) is 5.69 Å². The van der Waals surface area contributed by atoms with E-state index < -0.39 is 23.3 Å². The number of pyridine rings is 2. The number of carboxylic acids is 1. The van der Waals surface area contributed by atoms with Crippen LogP contribution in [0.25, 0.3) is 0 Å². The fourth-order valence-corrected chi connectivity index (χ4v) is 4.62. The Kier molecular flexibility index (Phi) is 8.27. The zero-order valence-electron chi connectivity index (χ0n) is 16.8. The first-order valence-electron chi connectivity index (χ1n) is 9.02. The van der Waals surface area contributed by atoms with Crippen LogP contribution < -0.4 is 10.6 Å². The summed E-state index contributed by atoms with van der Waals surface area (Å²) in [5, 5.41) is 15.4. The molecule has 32 heavy (non-hydrogen) atoms. The molecule has 1 atom stereocenters. The molecule has 0 radical (unpaired) electrons. The smallest absolute Gasteiger partial charge is 0.326 e. The Labute approximate surface area is 208 Å². The number of carbonyl (C=O) groups is 3. The van der Waals surface area contributed by atoms with E-state index in [2.05, 4.69) is 36.5 Å². The van der Waals surface area contributed by atoms with Gasteiger partial charge in [0.25, 0.3) is 5.91 Å². The molecule has 2 aromatic rings. The molecule has 2 heterocycles. The summed E-state index contributed by atoms with van der Waals surface area (Å²) in [7, 11) is 0. The van der Waals surface area contributed by atoms with Crippen LogP contribution in [-0.4, -0.2) is 38.8 Å². The molecular formula is C20H18BrCl3N4O4. The number of allylic oxidation sites excluding steroid dienone is 2. The van der Waals surface area contributed by atoms with Crippen molar-refractivity contribution in [3.05, 3.63) is 62.2 Å². The van der Waals surface area contributed by atoms with Gasteiger partial charge < -0.3 is 15.7 Å². The maximum Gasteiger partial charge on any atom is 0.326 e. The average molecular weight is 565 g/mol. The number of amides is 1. The number of hydrogen-bond acceptors (Lipinski definition) is 6. The molecule has 12 heteroatoms. The van der Waals surface area contributed by atoms with Gasteiger partial charge in [-0.15, -0.1) is 12.4 Å².